The molecule has 0 aliphatic carbocycles. The number of hydrogen-bond donors (Lipinski definition) is 2. The summed E-state index contributed by atoms with van der Waals surface area (Å²) in [6.45, 7) is 6.54. The van der Waals surface area contributed by atoms with E-state index in [1.807, 2.05) is 0 Å². The molecule has 6 nitrogen and oxygen atoms in total. The van der Waals surface area contributed by atoms with Crippen molar-refractivity contribution in [3.05, 3.63) is 64.7 Å². The van der Waals surface area contributed by atoms with Crippen LogP contribution in [0.1, 0.15) is 55.2 Å². The topological polar surface area (TPSA) is 76.7 Å². The summed E-state index contributed by atoms with van der Waals surface area (Å²) in [7, 11) is 1.44. The molecular formula is C22H26F2N2O4. The van der Waals surface area contributed by atoms with E-state index in [1.54, 1.807) is 27.7 Å². The number of rotatable bonds is 6. The summed E-state index contributed by atoms with van der Waals surface area (Å²) in [5, 5.41) is 5.16. The molecule has 8 heteroatoms. The van der Waals surface area contributed by atoms with Crippen molar-refractivity contribution in [3.63, 3.8) is 0 Å². The van der Waals surface area contributed by atoms with Crippen LogP contribution in [0, 0.1) is 11.6 Å². The van der Waals surface area contributed by atoms with E-state index in [-0.39, 0.29) is 17.7 Å². The Balaban J connectivity index is 2.19. The highest BCUT2D eigenvalue weighted by Crippen LogP contribution is 2.26. The molecule has 0 aliphatic heterocycles. The molecule has 0 aromatic heterocycles. The predicted octanol–water partition coefficient (Wildman–Crippen LogP) is 4.49. The van der Waals surface area contributed by atoms with Crippen LogP contribution in [-0.4, -0.2) is 24.7 Å². The van der Waals surface area contributed by atoms with Gasteiger partial charge in [0.15, 0.2) is 0 Å². The molecule has 1 atom stereocenters. The van der Waals surface area contributed by atoms with Crippen LogP contribution < -0.4 is 15.4 Å². The number of amides is 2. The third-order valence-corrected chi connectivity index (χ3v) is 4.18. The highest BCUT2D eigenvalue weighted by molar-refractivity contribution is 5.96. The Kier molecular flexibility index (Phi) is 7.37. The second-order valence-electron chi connectivity index (χ2n) is 7.70. The van der Waals surface area contributed by atoms with Gasteiger partial charge in [-0.15, -0.1) is 0 Å². The van der Waals surface area contributed by atoms with Crippen molar-refractivity contribution in [1.82, 2.24) is 10.6 Å². The zero-order valence-electron chi connectivity index (χ0n) is 17.6. The van der Waals surface area contributed by atoms with Gasteiger partial charge in [-0.1, -0.05) is 6.07 Å². The Labute approximate surface area is 174 Å². The van der Waals surface area contributed by atoms with Gasteiger partial charge in [-0.2, -0.15) is 0 Å². The Morgan fingerprint density at radius 2 is 1.83 bits per heavy atom. The number of carbonyl (C=O) groups is 2. The third-order valence-electron chi connectivity index (χ3n) is 4.18. The molecule has 0 saturated carbocycles. The number of hydrogen-bond acceptors (Lipinski definition) is 4. The maximum atomic E-state index is 14.4. The van der Waals surface area contributed by atoms with Crippen LogP contribution in [0.25, 0.3) is 0 Å². The minimum Gasteiger partial charge on any atom is -0.496 e. The van der Waals surface area contributed by atoms with Crippen LogP contribution in [0.5, 0.6) is 5.75 Å². The highest BCUT2D eigenvalue weighted by Gasteiger charge is 2.21. The van der Waals surface area contributed by atoms with E-state index in [1.165, 1.54) is 43.5 Å². The molecule has 2 aromatic rings. The largest absolute Gasteiger partial charge is 0.496 e. The van der Waals surface area contributed by atoms with Crippen LogP contribution in [0.4, 0.5) is 13.6 Å². The van der Waals surface area contributed by atoms with Crippen LogP contribution in [-0.2, 0) is 11.3 Å². The fraction of sp³-hybridized carbons (Fsp3) is 0.364. The molecule has 162 valence electrons. The zero-order chi connectivity index (χ0) is 22.5. The monoisotopic (exact) mass is 420 g/mol. The first-order chi connectivity index (χ1) is 14.0. The molecule has 0 bridgehead atoms. The average Bonchev–Trinajstić information content (AvgIpc) is 2.65. The highest BCUT2D eigenvalue weighted by atomic mass is 19.1. The van der Waals surface area contributed by atoms with Crippen LogP contribution in [0.15, 0.2) is 36.4 Å². The molecular weight excluding hydrogens is 394 g/mol. The molecule has 2 aromatic carbocycles. The molecule has 1 unspecified atom stereocenters. The van der Waals surface area contributed by atoms with E-state index < -0.39 is 35.3 Å². The van der Waals surface area contributed by atoms with E-state index in [9.17, 15) is 18.4 Å². The smallest absolute Gasteiger partial charge is 0.407 e. The summed E-state index contributed by atoms with van der Waals surface area (Å²) < 4.78 is 38.4. The Morgan fingerprint density at radius 1 is 1.13 bits per heavy atom. The fourth-order valence-corrected chi connectivity index (χ4v) is 2.82. The first-order valence-electron chi connectivity index (χ1n) is 9.40. The van der Waals surface area contributed by atoms with E-state index in [2.05, 4.69) is 10.6 Å². The van der Waals surface area contributed by atoms with Crippen LogP contribution in [0.2, 0.25) is 0 Å². The van der Waals surface area contributed by atoms with Gasteiger partial charge in [-0.25, -0.2) is 13.6 Å². The maximum absolute atomic E-state index is 14.4. The molecule has 2 amide bonds. The summed E-state index contributed by atoms with van der Waals surface area (Å²) in [5.74, 6) is -1.28. The maximum Gasteiger partial charge on any atom is 0.407 e. The van der Waals surface area contributed by atoms with Gasteiger partial charge < -0.3 is 20.1 Å². The molecule has 0 saturated heterocycles. The van der Waals surface area contributed by atoms with Gasteiger partial charge in [0.25, 0.3) is 5.91 Å². The van der Waals surface area contributed by atoms with Gasteiger partial charge in [-0.05, 0) is 58.0 Å². The molecule has 0 aliphatic rings. The minimum absolute atomic E-state index is 0.0132. The van der Waals surface area contributed by atoms with Gasteiger partial charge in [-0.3, -0.25) is 4.79 Å². The van der Waals surface area contributed by atoms with E-state index >= 15 is 0 Å². The van der Waals surface area contributed by atoms with Crippen LogP contribution in [0.3, 0.4) is 0 Å². The number of alkyl carbamates (subject to hydrolysis) is 1. The van der Waals surface area contributed by atoms with Crippen molar-refractivity contribution in [2.45, 2.75) is 45.9 Å². The van der Waals surface area contributed by atoms with Crippen molar-refractivity contribution in [1.29, 1.82) is 0 Å². The van der Waals surface area contributed by atoms with Gasteiger partial charge in [0, 0.05) is 23.2 Å². The summed E-state index contributed by atoms with van der Waals surface area (Å²) in [4.78, 5) is 24.7. The Bertz CT molecular complexity index is 926. The predicted molar refractivity (Wildman–Crippen MR) is 108 cm³/mol. The Hall–Kier alpha value is -3.16. The van der Waals surface area contributed by atoms with Crippen molar-refractivity contribution in [3.8, 4) is 5.75 Å². The molecule has 30 heavy (non-hydrogen) atoms. The molecule has 0 heterocycles. The minimum atomic E-state index is -0.727. The van der Waals surface area contributed by atoms with Gasteiger partial charge in [0.05, 0.1) is 13.2 Å². The lowest BCUT2D eigenvalue weighted by Crippen LogP contribution is -2.33. The summed E-state index contributed by atoms with van der Waals surface area (Å²) >= 11 is 0. The quantitative estimate of drug-likeness (QED) is 0.722. The third kappa shape index (κ3) is 6.17. The van der Waals surface area contributed by atoms with Crippen LogP contribution >= 0.6 is 0 Å². The molecule has 0 spiro atoms. The lowest BCUT2D eigenvalue weighted by Gasteiger charge is -2.21. The SMILES string of the molecule is COc1ccc(F)cc1C(C)NC(=O)c1cccc(F)c1CNC(=O)OC(C)(C)C. The van der Waals surface area contributed by atoms with Gasteiger partial charge in [0.2, 0.25) is 0 Å². The number of carbonyl (C=O) groups excluding carboxylic acids is 2. The van der Waals surface area contributed by atoms with E-state index in [4.69, 9.17) is 9.47 Å². The molecule has 0 radical (unpaired) electrons. The van der Waals surface area contributed by atoms with E-state index in [0.29, 0.717) is 11.3 Å². The van der Waals surface area contributed by atoms with Gasteiger partial charge in [0.1, 0.15) is 23.0 Å². The first-order valence-corrected chi connectivity index (χ1v) is 9.40. The number of methoxy groups -OCH3 is 1. The van der Waals surface area contributed by atoms with Gasteiger partial charge >= 0.3 is 6.09 Å². The van der Waals surface area contributed by atoms with Crippen molar-refractivity contribution >= 4 is 12.0 Å². The van der Waals surface area contributed by atoms with Crippen molar-refractivity contribution in [2.75, 3.05) is 7.11 Å². The summed E-state index contributed by atoms with van der Waals surface area (Å²) in [6, 6.07) is 7.41. The number of ether oxygens (including phenoxy) is 2. The number of nitrogens with one attached hydrogen (secondary N) is 2. The standard InChI is InChI=1S/C22H26F2N2O4/c1-13(16-11-14(23)9-10-19(16)29-5)26-20(27)15-7-6-8-18(24)17(15)12-25-21(28)30-22(2,3)4/h6-11,13H,12H2,1-5H3,(H,25,28)(H,26,27). The molecule has 2 N–H and O–H groups in total. The van der Waals surface area contributed by atoms with E-state index in [0.717, 1.165) is 0 Å². The number of halogens is 2. The first kappa shape index (κ1) is 23.1. The summed E-state index contributed by atoms with van der Waals surface area (Å²) in [6.07, 6.45) is -0.727. The zero-order valence-corrected chi connectivity index (χ0v) is 17.6. The normalized spacial score (nSPS) is 12.1. The second-order valence-corrected chi connectivity index (χ2v) is 7.70. The van der Waals surface area contributed by atoms with Crippen molar-refractivity contribution in [2.24, 2.45) is 0 Å². The lowest BCUT2D eigenvalue weighted by molar-refractivity contribution is 0.0522. The average molecular weight is 420 g/mol. The second kappa shape index (κ2) is 9.56. The summed E-state index contributed by atoms with van der Waals surface area (Å²) in [5.41, 5.74) is -0.206. The molecule has 2 rings (SSSR count). The lowest BCUT2D eigenvalue weighted by atomic mass is 10.0. The number of benzene rings is 2. The fourth-order valence-electron chi connectivity index (χ4n) is 2.82. The molecule has 0 fully saturated rings. The van der Waals surface area contributed by atoms with Crippen molar-refractivity contribution < 1.29 is 27.8 Å². The Morgan fingerprint density at radius 3 is 2.47 bits per heavy atom.